The standard InChI is InChI=1S/C10H12ClNO3/c1-15-6-2-3-7(8(11)4-6)9(12)5-10(13)14/h2-4,9H,5,12H2,1H3,(H,13,14)/t9-/m1/s1. The van der Waals surface area contributed by atoms with Gasteiger partial charge in [0.1, 0.15) is 11.8 Å². The summed E-state index contributed by atoms with van der Waals surface area (Å²) in [6, 6.07) is 4.65. The number of carbonyl (C=O) groups is 1. The van der Waals surface area contributed by atoms with Gasteiger partial charge in [-0.3, -0.25) is 0 Å². The van der Waals surface area contributed by atoms with Crippen molar-refractivity contribution in [1.29, 1.82) is 0 Å². The van der Waals surface area contributed by atoms with Gasteiger partial charge in [-0.15, -0.1) is 0 Å². The van der Waals surface area contributed by atoms with E-state index in [0.717, 1.165) is 0 Å². The molecule has 1 aromatic rings. The molecule has 5 heteroatoms. The molecule has 0 aromatic heterocycles. The minimum atomic E-state index is -1.14. The predicted molar refractivity (Wildman–Crippen MR) is 53.3 cm³/mol. The van der Waals surface area contributed by atoms with Crippen molar-refractivity contribution in [3.05, 3.63) is 28.8 Å². The average Bonchev–Trinajstić information content (AvgIpc) is 2.16. The van der Waals surface area contributed by atoms with Gasteiger partial charge in [0.15, 0.2) is 0 Å². The molecule has 0 radical (unpaired) electrons. The lowest BCUT2D eigenvalue weighted by Gasteiger charge is -2.12. The summed E-state index contributed by atoms with van der Waals surface area (Å²) in [4.78, 5) is 10.4. The Labute approximate surface area is 92.6 Å². The first-order chi connectivity index (χ1) is 7.04. The first kappa shape index (κ1) is 11.8. The van der Waals surface area contributed by atoms with Crippen molar-refractivity contribution < 1.29 is 20.4 Å². The number of halogens is 1. The highest BCUT2D eigenvalue weighted by molar-refractivity contribution is 6.31. The highest BCUT2D eigenvalue weighted by Crippen LogP contribution is 2.26. The van der Waals surface area contributed by atoms with Crippen molar-refractivity contribution >= 4 is 17.6 Å². The first-order valence-electron chi connectivity index (χ1n) is 4.41. The fourth-order valence-corrected chi connectivity index (χ4v) is 1.60. The van der Waals surface area contributed by atoms with Crippen molar-refractivity contribution in [3.63, 3.8) is 0 Å². The maximum Gasteiger partial charge on any atom is 0.120 e. The normalized spacial score (nSPS) is 12.2. The third kappa shape index (κ3) is 3.11. The minimum Gasteiger partial charge on any atom is -0.550 e. The molecule has 0 heterocycles. The van der Waals surface area contributed by atoms with Crippen molar-refractivity contribution in [3.8, 4) is 5.75 Å². The summed E-state index contributed by atoms with van der Waals surface area (Å²) in [5.74, 6) is -0.508. The number of hydrogen-bond donors (Lipinski definition) is 1. The highest BCUT2D eigenvalue weighted by Gasteiger charge is 2.14. The topological polar surface area (TPSA) is 77.0 Å². The van der Waals surface area contributed by atoms with Crippen LogP contribution in [0.5, 0.6) is 5.75 Å². The van der Waals surface area contributed by atoms with Crippen LogP contribution in [0.2, 0.25) is 5.02 Å². The molecule has 3 N–H and O–H groups in total. The summed E-state index contributed by atoms with van der Waals surface area (Å²) in [6.45, 7) is 0. The van der Waals surface area contributed by atoms with Crippen LogP contribution in [-0.4, -0.2) is 13.1 Å². The molecule has 0 unspecified atom stereocenters. The second kappa shape index (κ2) is 5.00. The van der Waals surface area contributed by atoms with Crippen molar-refractivity contribution in [2.75, 3.05) is 7.11 Å². The molecule has 0 fully saturated rings. The van der Waals surface area contributed by atoms with Crippen LogP contribution in [0, 0.1) is 0 Å². The summed E-state index contributed by atoms with van der Waals surface area (Å²) in [5.41, 5.74) is 4.40. The van der Waals surface area contributed by atoms with Gasteiger partial charge in [0, 0.05) is 18.0 Å². The number of carboxylic acids is 1. The number of carboxylic acid groups (broad SMARTS) is 1. The quantitative estimate of drug-likeness (QED) is 0.775. The predicted octanol–water partition coefficient (Wildman–Crippen LogP) is -0.228. The molecule has 0 aliphatic heterocycles. The zero-order valence-corrected chi connectivity index (χ0v) is 9.08. The summed E-state index contributed by atoms with van der Waals surface area (Å²) in [7, 11) is 1.54. The van der Waals surface area contributed by atoms with Gasteiger partial charge in [-0.1, -0.05) is 11.6 Å². The molecule has 0 spiro atoms. The SMILES string of the molecule is COc1ccc([C@H]([NH3+])CC(=O)[O-])c(Cl)c1. The van der Waals surface area contributed by atoms with Crippen LogP contribution in [0.15, 0.2) is 18.2 Å². The van der Waals surface area contributed by atoms with E-state index in [1.54, 1.807) is 18.2 Å². The number of rotatable bonds is 4. The van der Waals surface area contributed by atoms with Crippen molar-refractivity contribution in [2.24, 2.45) is 0 Å². The maximum atomic E-state index is 10.4. The van der Waals surface area contributed by atoms with Crippen LogP contribution in [0.4, 0.5) is 0 Å². The van der Waals surface area contributed by atoms with Gasteiger partial charge in [-0.05, 0) is 18.2 Å². The fourth-order valence-electron chi connectivity index (χ4n) is 1.28. The van der Waals surface area contributed by atoms with E-state index in [2.05, 4.69) is 5.73 Å². The summed E-state index contributed by atoms with van der Waals surface area (Å²) < 4.78 is 4.98. The molecule has 0 saturated carbocycles. The van der Waals surface area contributed by atoms with Crippen LogP contribution in [0.1, 0.15) is 18.0 Å². The highest BCUT2D eigenvalue weighted by atomic mass is 35.5. The van der Waals surface area contributed by atoms with E-state index in [-0.39, 0.29) is 6.42 Å². The van der Waals surface area contributed by atoms with E-state index in [1.807, 2.05) is 0 Å². The molecule has 0 bridgehead atoms. The molecule has 82 valence electrons. The molecule has 4 nitrogen and oxygen atoms in total. The molecular formula is C10H12ClNO3. The Morgan fingerprint density at radius 2 is 2.33 bits per heavy atom. The van der Waals surface area contributed by atoms with E-state index in [0.29, 0.717) is 16.3 Å². The smallest absolute Gasteiger partial charge is 0.120 e. The Hall–Kier alpha value is -1.26. The number of quaternary nitrogens is 1. The molecule has 0 saturated heterocycles. The monoisotopic (exact) mass is 229 g/mol. The number of ether oxygens (including phenoxy) is 1. The van der Waals surface area contributed by atoms with Gasteiger partial charge >= 0.3 is 0 Å². The second-order valence-corrected chi connectivity index (χ2v) is 3.57. The summed E-state index contributed by atoms with van der Waals surface area (Å²) >= 11 is 5.95. The molecule has 1 aromatic carbocycles. The number of benzene rings is 1. The third-order valence-corrected chi connectivity index (χ3v) is 2.39. The molecule has 1 rings (SSSR count). The number of aliphatic carboxylic acids is 1. The van der Waals surface area contributed by atoms with Crippen LogP contribution in [0.25, 0.3) is 0 Å². The van der Waals surface area contributed by atoms with Crippen LogP contribution < -0.4 is 15.6 Å². The number of methoxy groups -OCH3 is 1. The van der Waals surface area contributed by atoms with Gasteiger partial charge in [0.25, 0.3) is 0 Å². The van der Waals surface area contributed by atoms with Crippen molar-refractivity contribution in [2.45, 2.75) is 12.5 Å². The van der Waals surface area contributed by atoms with Gasteiger partial charge < -0.3 is 20.4 Å². The minimum absolute atomic E-state index is 0.147. The fraction of sp³-hybridized carbons (Fsp3) is 0.300. The second-order valence-electron chi connectivity index (χ2n) is 3.16. The van der Waals surface area contributed by atoms with Crippen LogP contribution >= 0.6 is 11.6 Å². The number of hydrogen-bond acceptors (Lipinski definition) is 3. The Bertz CT molecular complexity index is 368. The zero-order chi connectivity index (χ0) is 11.4. The molecule has 0 aliphatic carbocycles. The molecule has 1 atom stereocenters. The number of carbonyl (C=O) groups excluding carboxylic acids is 1. The lowest BCUT2D eigenvalue weighted by molar-refractivity contribution is -0.430. The van der Waals surface area contributed by atoms with E-state index in [4.69, 9.17) is 16.3 Å². The summed E-state index contributed by atoms with van der Waals surface area (Å²) in [6.07, 6.45) is -0.147. The lowest BCUT2D eigenvalue weighted by Crippen LogP contribution is -2.55. The Morgan fingerprint density at radius 3 is 2.80 bits per heavy atom. The lowest BCUT2D eigenvalue weighted by atomic mass is 10.0. The largest absolute Gasteiger partial charge is 0.550 e. The van der Waals surface area contributed by atoms with Crippen LogP contribution in [0.3, 0.4) is 0 Å². The average molecular weight is 230 g/mol. The van der Waals surface area contributed by atoms with E-state index >= 15 is 0 Å². The molecule has 0 aliphatic rings. The van der Waals surface area contributed by atoms with Gasteiger partial charge in [0.2, 0.25) is 0 Å². The van der Waals surface area contributed by atoms with Crippen LogP contribution in [-0.2, 0) is 4.79 Å². The van der Waals surface area contributed by atoms with E-state index < -0.39 is 12.0 Å². The Morgan fingerprint density at radius 1 is 1.67 bits per heavy atom. The van der Waals surface area contributed by atoms with E-state index in [9.17, 15) is 9.90 Å². The van der Waals surface area contributed by atoms with Crippen molar-refractivity contribution in [1.82, 2.24) is 0 Å². The van der Waals surface area contributed by atoms with Gasteiger partial charge in [-0.2, -0.15) is 0 Å². The molecule has 15 heavy (non-hydrogen) atoms. The molecule has 0 amide bonds. The first-order valence-corrected chi connectivity index (χ1v) is 4.78. The molecular weight excluding hydrogens is 218 g/mol. The zero-order valence-electron chi connectivity index (χ0n) is 8.33. The van der Waals surface area contributed by atoms with E-state index in [1.165, 1.54) is 7.11 Å². The Kier molecular flexibility index (Phi) is 3.94. The Balaban J connectivity index is 2.90. The summed E-state index contributed by atoms with van der Waals surface area (Å²) in [5, 5.41) is 10.9. The maximum absolute atomic E-state index is 10.4. The van der Waals surface area contributed by atoms with Gasteiger partial charge in [0.05, 0.1) is 12.1 Å². The van der Waals surface area contributed by atoms with Gasteiger partial charge in [-0.25, -0.2) is 0 Å². The third-order valence-electron chi connectivity index (χ3n) is 2.06.